The SMILES string of the molecule is CC(c1ccc(C(F)(F)F)cc1)N(C)C. The number of hydrogen-bond donors (Lipinski definition) is 0. The summed E-state index contributed by atoms with van der Waals surface area (Å²) in [6.45, 7) is 1.95. The summed E-state index contributed by atoms with van der Waals surface area (Å²) in [6.07, 6.45) is -4.25. The zero-order valence-corrected chi connectivity index (χ0v) is 8.97. The van der Waals surface area contributed by atoms with Gasteiger partial charge in [0, 0.05) is 6.04 Å². The molecular weight excluding hydrogens is 203 g/mol. The minimum Gasteiger partial charge on any atom is -0.303 e. The lowest BCUT2D eigenvalue weighted by Gasteiger charge is -2.20. The van der Waals surface area contributed by atoms with Crippen molar-refractivity contribution in [2.45, 2.75) is 19.1 Å². The van der Waals surface area contributed by atoms with Crippen molar-refractivity contribution in [3.05, 3.63) is 35.4 Å². The van der Waals surface area contributed by atoms with Gasteiger partial charge in [0.05, 0.1) is 5.56 Å². The number of alkyl halides is 3. The second-order valence-electron chi connectivity index (χ2n) is 3.76. The van der Waals surface area contributed by atoms with Gasteiger partial charge in [-0.05, 0) is 38.7 Å². The molecule has 1 aromatic rings. The van der Waals surface area contributed by atoms with E-state index >= 15 is 0 Å². The Bertz CT molecular complexity index is 314. The van der Waals surface area contributed by atoms with Gasteiger partial charge in [-0.25, -0.2) is 0 Å². The predicted octanol–water partition coefficient (Wildman–Crippen LogP) is 3.33. The minimum atomic E-state index is -4.25. The fourth-order valence-corrected chi connectivity index (χ4v) is 1.25. The van der Waals surface area contributed by atoms with E-state index in [4.69, 9.17) is 0 Å². The van der Waals surface area contributed by atoms with E-state index < -0.39 is 11.7 Å². The van der Waals surface area contributed by atoms with Gasteiger partial charge in [-0.2, -0.15) is 13.2 Å². The predicted molar refractivity (Wildman–Crippen MR) is 53.5 cm³/mol. The number of benzene rings is 1. The van der Waals surface area contributed by atoms with Crippen molar-refractivity contribution in [1.29, 1.82) is 0 Å². The van der Waals surface area contributed by atoms with Crippen molar-refractivity contribution in [3.63, 3.8) is 0 Å². The zero-order valence-electron chi connectivity index (χ0n) is 8.97. The van der Waals surface area contributed by atoms with E-state index in [1.807, 2.05) is 25.9 Å². The lowest BCUT2D eigenvalue weighted by molar-refractivity contribution is -0.137. The minimum absolute atomic E-state index is 0.118. The normalized spacial score (nSPS) is 14.3. The Kier molecular flexibility index (Phi) is 3.39. The van der Waals surface area contributed by atoms with Crippen molar-refractivity contribution in [1.82, 2.24) is 4.90 Å². The Labute approximate surface area is 87.5 Å². The Morgan fingerprint density at radius 1 is 1.07 bits per heavy atom. The highest BCUT2D eigenvalue weighted by Gasteiger charge is 2.30. The monoisotopic (exact) mass is 217 g/mol. The molecule has 0 saturated carbocycles. The summed E-state index contributed by atoms with van der Waals surface area (Å²) in [5.41, 5.74) is 0.283. The molecule has 0 aliphatic rings. The largest absolute Gasteiger partial charge is 0.416 e. The van der Waals surface area contributed by atoms with Crippen LogP contribution in [0.2, 0.25) is 0 Å². The summed E-state index contributed by atoms with van der Waals surface area (Å²) in [5.74, 6) is 0. The molecule has 0 heterocycles. The van der Waals surface area contributed by atoms with Crippen LogP contribution in [0.4, 0.5) is 13.2 Å². The molecule has 0 bridgehead atoms. The lowest BCUT2D eigenvalue weighted by Crippen LogP contribution is -2.16. The van der Waals surface area contributed by atoms with Crippen LogP contribution in [0.25, 0.3) is 0 Å². The molecule has 4 heteroatoms. The second kappa shape index (κ2) is 4.23. The van der Waals surface area contributed by atoms with Crippen LogP contribution in [0.15, 0.2) is 24.3 Å². The van der Waals surface area contributed by atoms with Crippen LogP contribution in [0, 0.1) is 0 Å². The fourth-order valence-electron chi connectivity index (χ4n) is 1.25. The lowest BCUT2D eigenvalue weighted by atomic mass is 10.1. The van der Waals surface area contributed by atoms with Gasteiger partial charge in [0.25, 0.3) is 0 Å². The van der Waals surface area contributed by atoms with Crippen LogP contribution in [0.5, 0.6) is 0 Å². The standard InChI is InChI=1S/C11H14F3N/c1-8(15(2)3)9-4-6-10(7-5-9)11(12,13)14/h4-8H,1-3H3. The van der Waals surface area contributed by atoms with Crippen molar-refractivity contribution in [2.75, 3.05) is 14.1 Å². The first kappa shape index (κ1) is 12.0. The molecule has 0 amide bonds. The third-order valence-electron chi connectivity index (χ3n) is 2.50. The van der Waals surface area contributed by atoms with Crippen molar-refractivity contribution < 1.29 is 13.2 Å². The molecule has 1 unspecified atom stereocenters. The molecule has 0 spiro atoms. The maximum atomic E-state index is 12.3. The van der Waals surface area contributed by atoms with Crippen LogP contribution in [-0.4, -0.2) is 19.0 Å². The summed E-state index contributed by atoms with van der Waals surface area (Å²) < 4.78 is 36.8. The second-order valence-corrected chi connectivity index (χ2v) is 3.76. The Morgan fingerprint density at radius 2 is 1.53 bits per heavy atom. The highest BCUT2D eigenvalue weighted by molar-refractivity contribution is 5.26. The number of nitrogens with zero attached hydrogens (tertiary/aromatic N) is 1. The average molecular weight is 217 g/mol. The van der Waals surface area contributed by atoms with E-state index in [-0.39, 0.29) is 6.04 Å². The number of rotatable bonds is 2. The van der Waals surface area contributed by atoms with Gasteiger partial charge in [0.1, 0.15) is 0 Å². The molecule has 0 radical (unpaired) electrons. The van der Waals surface area contributed by atoms with Crippen LogP contribution < -0.4 is 0 Å². The van der Waals surface area contributed by atoms with Crippen LogP contribution >= 0.6 is 0 Å². The molecule has 15 heavy (non-hydrogen) atoms. The van der Waals surface area contributed by atoms with Gasteiger partial charge >= 0.3 is 6.18 Å². The summed E-state index contributed by atoms with van der Waals surface area (Å²) in [4.78, 5) is 1.95. The molecule has 1 rings (SSSR count). The Hall–Kier alpha value is -1.03. The third-order valence-corrected chi connectivity index (χ3v) is 2.50. The van der Waals surface area contributed by atoms with Crippen LogP contribution in [0.3, 0.4) is 0 Å². The van der Waals surface area contributed by atoms with E-state index in [1.165, 1.54) is 12.1 Å². The fraction of sp³-hybridized carbons (Fsp3) is 0.455. The van der Waals surface area contributed by atoms with Crippen LogP contribution in [0.1, 0.15) is 24.1 Å². The van der Waals surface area contributed by atoms with Crippen LogP contribution in [-0.2, 0) is 6.18 Å². The van der Waals surface area contributed by atoms with Gasteiger partial charge in [0.2, 0.25) is 0 Å². The summed E-state index contributed by atoms with van der Waals surface area (Å²) in [5, 5.41) is 0. The van der Waals surface area contributed by atoms with Crippen molar-refractivity contribution in [2.24, 2.45) is 0 Å². The maximum absolute atomic E-state index is 12.3. The van der Waals surface area contributed by atoms with Gasteiger partial charge in [0.15, 0.2) is 0 Å². The van der Waals surface area contributed by atoms with E-state index in [2.05, 4.69) is 0 Å². The van der Waals surface area contributed by atoms with E-state index in [0.29, 0.717) is 0 Å². The first-order valence-electron chi connectivity index (χ1n) is 4.66. The summed E-state index contributed by atoms with van der Waals surface area (Å²) in [6, 6.07) is 5.40. The first-order chi connectivity index (χ1) is 6.82. The molecule has 0 aliphatic heterocycles. The highest BCUT2D eigenvalue weighted by Crippen LogP contribution is 2.30. The first-order valence-corrected chi connectivity index (χ1v) is 4.66. The molecule has 84 valence electrons. The molecule has 1 nitrogen and oxygen atoms in total. The van der Waals surface area contributed by atoms with E-state index in [0.717, 1.165) is 17.7 Å². The maximum Gasteiger partial charge on any atom is 0.416 e. The average Bonchev–Trinajstić information content (AvgIpc) is 2.15. The topological polar surface area (TPSA) is 3.24 Å². The van der Waals surface area contributed by atoms with E-state index in [1.54, 1.807) is 0 Å². The molecule has 0 fully saturated rings. The highest BCUT2D eigenvalue weighted by atomic mass is 19.4. The molecule has 0 N–H and O–H groups in total. The molecule has 1 aromatic carbocycles. The van der Waals surface area contributed by atoms with Gasteiger partial charge in [-0.3, -0.25) is 0 Å². The van der Waals surface area contributed by atoms with Gasteiger partial charge in [-0.15, -0.1) is 0 Å². The van der Waals surface area contributed by atoms with Crippen molar-refractivity contribution >= 4 is 0 Å². The zero-order chi connectivity index (χ0) is 11.6. The Morgan fingerprint density at radius 3 is 1.87 bits per heavy atom. The molecule has 0 aromatic heterocycles. The smallest absolute Gasteiger partial charge is 0.303 e. The number of halogens is 3. The van der Waals surface area contributed by atoms with E-state index in [9.17, 15) is 13.2 Å². The summed E-state index contributed by atoms with van der Waals surface area (Å²) >= 11 is 0. The Balaban J connectivity index is 2.91. The molecular formula is C11H14F3N. The molecule has 0 aliphatic carbocycles. The molecule has 0 saturated heterocycles. The molecule has 1 atom stereocenters. The van der Waals surface area contributed by atoms with Crippen molar-refractivity contribution in [3.8, 4) is 0 Å². The van der Waals surface area contributed by atoms with Gasteiger partial charge < -0.3 is 4.90 Å². The summed E-state index contributed by atoms with van der Waals surface area (Å²) in [7, 11) is 3.78. The number of hydrogen-bond acceptors (Lipinski definition) is 1. The van der Waals surface area contributed by atoms with Gasteiger partial charge in [-0.1, -0.05) is 12.1 Å². The quantitative estimate of drug-likeness (QED) is 0.734. The third kappa shape index (κ3) is 2.96.